The zero-order chi connectivity index (χ0) is 13.3. The van der Waals surface area contributed by atoms with Crippen LogP contribution in [0.1, 0.15) is 31.4 Å². The molecule has 1 saturated carbocycles. The van der Waals surface area contributed by atoms with Gasteiger partial charge in [-0.15, -0.1) is 0 Å². The van der Waals surface area contributed by atoms with Crippen molar-refractivity contribution in [1.82, 2.24) is 4.98 Å². The number of hydrogen-bond donors (Lipinski definition) is 1. The van der Waals surface area contributed by atoms with E-state index in [0.717, 1.165) is 54.9 Å². The van der Waals surface area contributed by atoms with Gasteiger partial charge in [-0.05, 0) is 47.8 Å². The second kappa shape index (κ2) is 5.38. The number of anilines is 1. The Balaban J connectivity index is 1.60. The molecule has 2 heterocycles. The maximum atomic E-state index is 5.75. The smallest absolute Gasteiger partial charge is 0.168 e. The first-order valence-electron chi connectivity index (χ1n) is 6.84. The minimum absolute atomic E-state index is 0.273. The second-order valence-corrected chi connectivity index (χ2v) is 6.11. The molecule has 5 heteroatoms. The van der Waals surface area contributed by atoms with Crippen molar-refractivity contribution in [2.45, 2.75) is 44.4 Å². The summed E-state index contributed by atoms with van der Waals surface area (Å²) in [6.07, 6.45) is 4.12. The standard InChI is InChI=1S/C14H19BrN2O2/c1-10-12(2-3-13(15)16-10)17-11-4-6-14(7-5-11)18-8-9-19-14/h2-3,11,17H,4-9H2,1H3. The lowest BCUT2D eigenvalue weighted by Gasteiger charge is -2.36. The normalized spacial score (nSPS) is 22.8. The van der Waals surface area contributed by atoms with Crippen LogP contribution in [0.4, 0.5) is 5.69 Å². The van der Waals surface area contributed by atoms with Crippen molar-refractivity contribution in [3.05, 3.63) is 22.4 Å². The Kier molecular flexibility index (Phi) is 3.78. The van der Waals surface area contributed by atoms with Crippen LogP contribution >= 0.6 is 15.9 Å². The maximum Gasteiger partial charge on any atom is 0.168 e. The Morgan fingerprint density at radius 1 is 1.26 bits per heavy atom. The Morgan fingerprint density at radius 2 is 1.95 bits per heavy atom. The molecular formula is C14H19BrN2O2. The predicted molar refractivity (Wildman–Crippen MR) is 77.2 cm³/mol. The van der Waals surface area contributed by atoms with Crippen LogP contribution in [0.25, 0.3) is 0 Å². The van der Waals surface area contributed by atoms with Crippen LogP contribution in [0, 0.1) is 6.92 Å². The van der Waals surface area contributed by atoms with Crippen LogP contribution in [-0.2, 0) is 9.47 Å². The van der Waals surface area contributed by atoms with E-state index < -0.39 is 0 Å². The van der Waals surface area contributed by atoms with Crippen molar-refractivity contribution < 1.29 is 9.47 Å². The first-order chi connectivity index (χ1) is 9.17. The molecule has 104 valence electrons. The second-order valence-electron chi connectivity index (χ2n) is 5.29. The van der Waals surface area contributed by atoms with Gasteiger partial charge in [0.2, 0.25) is 0 Å². The lowest BCUT2D eigenvalue weighted by atomic mass is 9.90. The Hall–Kier alpha value is -0.650. The fraction of sp³-hybridized carbons (Fsp3) is 0.643. The number of aromatic nitrogens is 1. The molecule has 1 aliphatic carbocycles. The van der Waals surface area contributed by atoms with Gasteiger partial charge in [0.1, 0.15) is 4.60 Å². The molecule has 1 aliphatic heterocycles. The van der Waals surface area contributed by atoms with E-state index in [9.17, 15) is 0 Å². The number of rotatable bonds is 2. The van der Waals surface area contributed by atoms with Crippen molar-refractivity contribution in [1.29, 1.82) is 0 Å². The fourth-order valence-corrected chi connectivity index (χ4v) is 3.29. The van der Waals surface area contributed by atoms with E-state index in [0.29, 0.717) is 6.04 Å². The number of halogens is 1. The third-order valence-corrected chi connectivity index (χ3v) is 4.41. The minimum atomic E-state index is -0.273. The molecule has 0 bridgehead atoms. The monoisotopic (exact) mass is 326 g/mol. The minimum Gasteiger partial charge on any atom is -0.381 e. The zero-order valence-corrected chi connectivity index (χ0v) is 12.7. The third-order valence-electron chi connectivity index (χ3n) is 3.97. The van der Waals surface area contributed by atoms with Gasteiger partial charge in [0.05, 0.1) is 24.6 Å². The van der Waals surface area contributed by atoms with Crippen LogP contribution in [0.2, 0.25) is 0 Å². The van der Waals surface area contributed by atoms with E-state index >= 15 is 0 Å². The van der Waals surface area contributed by atoms with Gasteiger partial charge < -0.3 is 14.8 Å². The van der Waals surface area contributed by atoms with Crippen molar-refractivity contribution in [3.8, 4) is 0 Å². The average molecular weight is 327 g/mol. The van der Waals surface area contributed by atoms with Crippen LogP contribution in [0.5, 0.6) is 0 Å². The van der Waals surface area contributed by atoms with E-state index in [1.165, 1.54) is 0 Å². The topological polar surface area (TPSA) is 43.4 Å². The Morgan fingerprint density at radius 3 is 2.58 bits per heavy atom. The molecule has 1 spiro atoms. The summed E-state index contributed by atoms with van der Waals surface area (Å²) in [7, 11) is 0. The van der Waals surface area contributed by atoms with Crippen LogP contribution in [0.15, 0.2) is 16.7 Å². The molecule has 1 saturated heterocycles. The van der Waals surface area contributed by atoms with E-state index in [4.69, 9.17) is 9.47 Å². The molecule has 2 fully saturated rings. The first kappa shape index (κ1) is 13.3. The van der Waals surface area contributed by atoms with Gasteiger partial charge in [0.15, 0.2) is 5.79 Å². The first-order valence-corrected chi connectivity index (χ1v) is 7.64. The van der Waals surface area contributed by atoms with Gasteiger partial charge in [-0.2, -0.15) is 0 Å². The highest BCUT2D eigenvalue weighted by atomic mass is 79.9. The van der Waals surface area contributed by atoms with Crippen LogP contribution in [-0.4, -0.2) is 30.0 Å². The summed E-state index contributed by atoms with van der Waals surface area (Å²) in [4.78, 5) is 4.41. The summed E-state index contributed by atoms with van der Waals surface area (Å²) < 4.78 is 12.4. The van der Waals surface area contributed by atoms with Gasteiger partial charge in [-0.1, -0.05) is 0 Å². The number of pyridine rings is 1. The van der Waals surface area contributed by atoms with Crippen molar-refractivity contribution >= 4 is 21.6 Å². The lowest BCUT2D eigenvalue weighted by molar-refractivity contribution is -0.177. The summed E-state index contributed by atoms with van der Waals surface area (Å²) >= 11 is 3.39. The molecule has 0 unspecified atom stereocenters. The highest BCUT2D eigenvalue weighted by molar-refractivity contribution is 9.10. The zero-order valence-electron chi connectivity index (χ0n) is 11.1. The molecule has 2 aliphatic rings. The van der Waals surface area contributed by atoms with Crippen molar-refractivity contribution in [3.63, 3.8) is 0 Å². The van der Waals surface area contributed by atoms with E-state index in [2.05, 4.69) is 32.3 Å². The van der Waals surface area contributed by atoms with Gasteiger partial charge >= 0.3 is 0 Å². The number of aryl methyl sites for hydroxylation is 1. The molecule has 0 radical (unpaired) electrons. The van der Waals surface area contributed by atoms with Gasteiger partial charge in [0.25, 0.3) is 0 Å². The maximum absolute atomic E-state index is 5.75. The van der Waals surface area contributed by atoms with E-state index in [-0.39, 0.29) is 5.79 Å². The molecule has 0 aromatic carbocycles. The predicted octanol–water partition coefficient (Wildman–Crippen LogP) is 3.25. The number of nitrogens with zero attached hydrogens (tertiary/aromatic N) is 1. The molecule has 19 heavy (non-hydrogen) atoms. The van der Waals surface area contributed by atoms with Crippen LogP contribution in [0.3, 0.4) is 0 Å². The van der Waals surface area contributed by atoms with Gasteiger partial charge in [-0.25, -0.2) is 4.98 Å². The highest BCUT2D eigenvalue weighted by Gasteiger charge is 2.40. The molecule has 1 aromatic heterocycles. The third kappa shape index (κ3) is 2.93. The molecule has 4 nitrogen and oxygen atoms in total. The van der Waals surface area contributed by atoms with E-state index in [1.807, 2.05) is 13.0 Å². The lowest BCUT2D eigenvalue weighted by Crippen LogP contribution is -2.39. The number of nitrogens with one attached hydrogen (secondary N) is 1. The summed E-state index contributed by atoms with van der Waals surface area (Å²) in [5.74, 6) is -0.273. The number of ether oxygens (including phenoxy) is 2. The summed E-state index contributed by atoms with van der Waals surface area (Å²) in [6, 6.07) is 4.54. The summed E-state index contributed by atoms with van der Waals surface area (Å²) in [5.41, 5.74) is 2.15. The molecule has 0 atom stereocenters. The number of hydrogen-bond acceptors (Lipinski definition) is 4. The largest absolute Gasteiger partial charge is 0.381 e. The van der Waals surface area contributed by atoms with Gasteiger partial charge in [0, 0.05) is 18.9 Å². The molecule has 1 N–H and O–H groups in total. The van der Waals surface area contributed by atoms with Crippen molar-refractivity contribution in [2.24, 2.45) is 0 Å². The molecule has 1 aromatic rings. The van der Waals surface area contributed by atoms with Crippen molar-refractivity contribution in [2.75, 3.05) is 18.5 Å². The Bertz CT molecular complexity index is 451. The molecule has 3 rings (SSSR count). The fourth-order valence-electron chi connectivity index (χ4n) is 2.89. The molecule has 0 amide bonds. The highest BCUT2D eigenvalue weighted by Crippen LogP contribution is 2.36. The molecular weight excluding hydrogens is 308 g/mol. The quantitative estimate of drug-likeness (QED) is 0.847. The average Bonchev–Trinajstić information content (AvgIpc) is 2.84. The summed E-state index contributed by atoms with van der Waals surface area (Å²) in [6.45, 7) is 3.52. The van der Waals surface area contributed by atoms with Crippen LogP contribution < -0.4 is 5.32 Å². The SMILES string of the molecule is Cc1nc(Br)ccc1NC1CCC2(CC1)OCCO2. The van der Waals surface area contributed by atoms with Gasteiger partial charge in [-0.3, -0.25) is 0 Å². The van der Waals surface area contributed by atoms with E-state index in [1.54, 1.807) is 0 Å². The Labute approximate surface area is 122 Å². The summed E-state index contributed by atoms with van der Waals surface area (Å²) in [5, 5.41) is 3.59.